The van der Waals surface area contributed by atoms with Gasteiger partial charge in [0.05, 0.1) is 17.9 Å². The topological polar surface area (TPSA) is 64.7 Å². The molecule has 3 rings (SSSR count). The second-order valence-electron chi connectivity index (χ2n) is 6.38. The van der Waals surface area contributed by atoms with E-state index in [0.29, 0.717) is 18.7 Å². The van der Waals surface area contributed by atoms with Crippen molar-refractivity contribution in [3.8, 4) is 0 Å². The molecule has 1 N–H and O–H groups in total. The van der Waals surface area contributed by atoms with Crippen LogP contribution < -0.4 is 5.32 Å². The van der Waals surface area contributed by atoms with E-state index in [2.05, 4.69) is 21.6 Å². The molecule has 0 aliphatic rings. The zero-order valence-electron chi connectivity index (χ0n) is 15.1. The molecule has 130 valence electrons. The summed E-state index contributed by atoms with van der Waals surface area (Å²) >= 11 is 0. The van der Waals surface area contributed by atoms with Crippen LogP contribution in [0.2, 0.25) is 0 Å². The van der Waals surface area contributed by atoms with E-state index < -0.39 is 0 Å². The highest BCUT2D eigenvalue weighted by molar-refractivity contribution is 5.94. The van der Waals surface area contributed by atoms with Gasteiger partial charge in [-0.15, -0.1) is 0 Å². The maximum atomic E-state index is 12.3. The summed E-state index contributed by atoms with van der Waals surface area (Å²) in [4.78, 5) is 12.3. The van der Waals surface area contributed by atoms with E-state index in [1.54, 1.807) is 4.68 Å². The molecule has 0 atom stereocenters. The Morgan fingerprint density at radius 3 is 2.40 bits per heavy atom. The number of aromatic nitrogens is 4. The number of hydrogen-bond acceptors (Lipinski definition) is 3. The number of carbonyl (C=O) groups is 1. The summed E-state index contributed by atoms with van der Waals surface area (Å²) in [5.74, 6) is -0.0825. The summed E-state index contributed by atoms with van der Waals surface area (Å²) in [7, 11) is 1.87. The summed E-state index contributed by atoms with van der Waals surface area (Å²) in [5, 5.41) is 11.7. The number of hydrogen-bond donors (Lipinski definition) is 1. The Labute approximate surface area is 147 Å². The van der Waals surface area contributed by atoms with E-state index in [9.17, 15) is 4.79 Å². The van der Waals surface area contributed by atoms with Crippen LogP contribution in [0.1, 0.15) is 38.6 Å². The van der Waals surface area contributed by atoms with Gasteiger partial charge < -0.3 is 5.32 Å². The minimum Gasteiger partial charge on any atom is -0.348 e. The van der Waals surface area contributed by atoms with Crippen molar-refractivity contribution in [3.05, 3.63) is 70.3 Å². The van der Waals surface area contributed by atoms with Gasteiger partial charge in [-0.3, -0.25) is 14.2 Å². The lowest BCUT2D eigenvalue weighted by atomic mass is 10.1. The SMILES string of the molecule is Cc1cc(C)n(Cc2ccc(C(=O)NCc3cn(C)nc3C)cc2)n1. The first kappa shape index (κ1) is 17.0. The summed E-state index contributed by atoms with van der Waals surface area (Å²) in [6.07, 6.45) is 1.92. The van der Waals surface area contributed by atoms with E-state index in [-0.39, 0.29) is 5.91 Å². The number of amides is 1. The maximum Gasteiger partial charge on any atom is 0.251 e. The molecule has 6 heteroatoms. The fourth-order valence-corrected chi connectivity index (χ4v) is 2.87. The highest BCUT2D eigenvalue weighted by atomic mass is 16.1. The number of nitrogens with one attached hydrogen (secondary N) is 1. The van der Waals surface area contributed by atoms with Gasteiger partial charge in [-0.25, -0.2) is 0 Å². The Balaban J connectivity index is 1.62. The van der Waals surface area contributed by atoms with Gasteiger partial charge in [0.2, 0.25) is 0 Å². The molecule has 1 aromatic carbocycles. The molecular formula is C19H23N5O. The lowest BCUT2D eigenvalue weighted by Gasteiger charge is -2.07. The lowest BCUT2D eigenvalue weighted by Crippen LogP contribution is -2.23. The Bertz CT molecular complexity index is 889. The third-order valence-corrected chi connectivity index (χ3v) is 4.21. The first-order valence-electron chi connectivity index (χ1n) is 8.29. The van der Waals surface area contributed by atoms with Crippen molar-refractivity contribution in [2.24, 2.45) is 7.05 Å². The minimum atomic E-state index is -0.0825. The van der Waals surface area contributed by atoms with Gasteiger partial charge in [0, 0.05) is 36.6 Å². The third-order valence-electron chi connectivity index (χ3n) is 4.21. The monoisotopic (exact) mass is 337 g/mol. The van der Waals surface area contributed by atoms with Crippen LogP contribution in [0.25, 0.3) is 0 Å². The Morgan fingerprint density at radius 2 is 1.84 bits per heavy atom. The molecule has 0 radical (unpaired) electrons. The van der Waals surface area contributed by atoms with Crippen molar-refractivity contribution < 1.29 is 4.79 Å². The fourth-order valence-electron chi connectivity index (χ4n) is 2.87. The van der Waals surface area contributed by atoms with E-state index in [4.69, 9.17) is 0 Å². The van der Waals surface area contributed by atoms with Crippen LogP contribution in [0.5, 0.6) is 0 Å². The quantitative estimate of drug-likeness (QED) is 0.778. The molecule has 0 spiro atoms. The fraction of sp³-hybridized carbons (Fsp3) is 0.316. The first-order chi connectivity index (χ1) is 11.9. The molecule has 0 aliphatic carbocycles. The van der Waals surface area contributed by atoms with E-state index in [1.807, 2.05) is 63.0 Å². The van der Waals surface area contributed by atoms with Gasteiger partial charge >= 0.3 is 0 Å². The molecule has 3 aromatic rings. The van der Waals surface area contributed by atoms with Crippen LogP contribution in [-0.2, 0) is 20.1 Å². The molecule has 25 heavy (non-hydrogen) atoms. The molecule has 6 nitrogen and oxygen atoms in total. The van der Waals surface area contributed by atoms with Crippen molar-refractivity contribution in [3.63, 3.8) is 0 Å². The second-order valence-corrected chi connectivity index (χ2v) is 6.38. The molecular weight excluding hydrogens is 314 g/mol. The van der Waals surface area contributed by atoms with Crippen LogP contribution in [-0.4, -0.2) is 25.5 Å². The molecule has 2 aromatic heterocycles. The summed E-state index contributed by atoms with van der Waals surface area (Å²) in [6.45, 7) is 7.15. The van der Waals surface area contributed by atoms with Crippen LogP contribution in [0.4, 0.5) is 0 Å². The predicted molar refractivity (Wildman–Crippen MR) is 96.4 cm³/mol. The smallest absolute Gasteiger partial charge is 0.251 e. The number of benzene rings is 1. The van der Waals surface area contributed by atoms with Gasteiger partial charge in [0.25, 0.3) is 5.91 Å². The Hall–Kier alpha value is -2.89. The highest BCUT2D eigenvalue weighted by Gasteiger charge is 2.09. The Morgan fingerprint density at radius 1 is 1.12 bits per heavy atom. The first-order valence-corrected chi connectivity index (χ1v) is 8.29. The number of nitrogens with zero attached hydrogens (tertiary/aromatic N) is 4. The molecule has 0 saturated carbocycles. The Kier molecular flexibility index (Phi) is 4.70. The van der Waals surface area contributed by atoms with Crippen LogP contribution >= 0.6 is 0 Å². The van der Waals surface area contributed by atoms with Crippen molar-refractivity contribution >= 4 is 5.91 Å². The zero-order valence-corrected chi connectivity index (χ0v) is 15.1. The van der Waals surface area contributed by atoms with Crippen molar-refractivity contribution in [1.29, 1.82) is 0 Å². The summed E-state index contributed by atoms with van der Waals surface area (Å²) < 4.78 is 3.72. The molecule has 2 heterocycles. The molecule has 0 bridgehead atoms. The van der Waals surface area contributed by atoms with Crippen molar-refractivity contribution in [2.45, 2.75) is 33.9 Å². The zero-order chi connectivity index (χ0) is 18.0. The standard InChI is InChI=1S/C19H23N5O/c1-13-9-14(2)24(21-13)11-16-5-7-17(8-6-16)19(25)20-10-18-12-23(4)22-15(18)3/h5-9,12H,10-11H2,1-4H3,(H,20,25). The second kappa shape index (κ2) is 6.93. The summed E-state index contributed by atoms with van der Waals surface area (Å²) in [6, 6.07) is 9.71. The van der Waals surface area contributed by atoms with Gasteiger partial charge in [-0.1, -0.05) is 12.1 Å². The molecule has 0 aliphatic heterocycles. The molecule has 0 unspecified atom stereocenters. The van der Waals surface area contributed by atoms with Crippen LogP contribution in [0.3, 0.4) is 0 Å². The van der Waals surface area contributed by atoms with Gasteiger partial charge in [-0.05, 0) is 44.5 Å². The minimum absolute atomic E-state index is 0.0825. The molecule has 0 fully saturated rings. The molecule has 0 saturated heterocycles. The van der Waals surface area contributed by atoms with Crippen LogP contribution in [0, 0.1) is 20.8 Å². The van der Waals surface area contributed by atoms with E-state index >= 15 is 0 Å². The van der Waals surface area contributed by atoms with E-state index in [0.717, 1.165) is 28.2 Å². The number of rotatable bonds is 5. The lowest BCUT2D eigenvalue weighted by molar-refractivity contribution is 0.0951. The normalized spacial score (nSPS) is 10.9. The van der Waals surface area contributed by atoms with Gasteiger partial charge in [0.1, 0.15) is 0 Å². The number of aryl methyl sites for hydroxylation is 4. The van der Waals surface area contributed by atoms with Gasteiger partial charge in [-0.2, -0.15) is 10.2 Å². The van der Waals surface area contributed by atoms with Gasteiger partial charge in [0.15, 0.2) is 0 Å². The number of carbonyl (C=O) groups excluding carboxylic acids is 1. The maximum absolute atomic E-state index is 12.3. The third kappa shape index (κ3) is 3.96. The average molecular weight is 337 g/mol. The van der Waals surface area contributed by atoms with Crippen molar-refractivity contribution in [2.75, 3.05) is 0 Å². The predicted octanol–water partition coefficient (Wildman–Crippen LogP) is 2.52. The highest BCUT2D eigenvalue weighted by Crippen LogP contribution is 2.10. The summed E-state index contributed by atoms with van der Waals surface area (Å²) in [5.41, 5.74) is 5.87. The molecule has 1 amide bonds. The van der Waals surface area contributed by atoms with E-state index in [1.165, 1.54) is 0 Å². The van der Waals surface area contributed by atoms with Crippen molar-refractivity contribution in [1.82, 2.24) is 24.9 Å². The van der Waals surface area contributed by atoms with Crippen LogP contribution in [0.15, 0.2) is 36.5 Å². The largest absolute Gasteiger partial charge is 0.348 e. The average Bonchev–Trinajstić information content (AvgIpc) is 3.06.